The van der Waals surface area contributed by atoms with E-state index in [2.05, 4.69) is 29.8 Å². The largest absolute Gasteiger partial charge is 0.467 e. The van der Waals surface area contributed by atoms with Crippen LogP contribution in [0.2, 0.25) is 5.02 Å². The molecule has 3 aromatic heterocycles. The van der Waals surface area contributed by atoms with Gasteiger partial charge in [0.05, 0.1) is 18.2 Å². The monoisotopic (exact) mass is 726 g/mol. The second-order valence-electron chi connectivity index (χ2n) is 13.6. The van der Waals surface area contributed by atoms with Crippen LogP contribution in [0.5, 0.6) is 6.01 Å². The van der Waals surface area contributed by atoms with Crippen LogP contribution in [-0.2, 0) is 4.79 Å². The molecule has 0 N–H and O–H groups in total. The number of likely N-dealkylation sites (N-methyl/N-ethyl adjacent to an activating group) is 1. The summed E-state index contributed by atoms with van der Waals surface area (Å²) >= 11 is 6.53. The predicted octanol–water partition coefficient (Wildman–Crippen LogP) is 7.00. The molecule has 0 radical (unpaired) electrons. The summed E-state index contributed by atoms with van der Waals surface area (Å²) in [6.07, 6.45) is 8.35. The molecule has 5 aromatic rings. The molecule has 2 aromatic carbocycles. The van der Waals surface area contributed by atoms with Crippen molar-refractivity contribution in [3.05, 3.63) is 82.8 Å². The summed E-state index contributed by atoms with van der Waals surface area (Å²) in [5.74, 6) is 0.420. The number of anilines is 1. The van der Waals surface area contributed by atoms with Crippen molar-refractivity contribution in [3.63, 3.8) is 0 Å². The molecule has 13 heteroatoms. The first-order chi connectivity index (χ1) is 25.1. The van der Waals surface area contributed by atoms with Gasteiger partial charge in [0.15, 0.2) is 5.82 Å². The van der Waals surface area contributed by atoms with E-state index in [1.165, 1.54) is 26.0 Å². The van der Waals surface area contributed by atoms with Crippen molar-refractivity contribution in [2.75, 3.05) is 45.2 Å². The van der Waals surface area contributed by atoms with Crippen molar-refractivity contribution in [2.45, 2.75) is 57.8 Å². The fourth-order valence-corrected chi connectivity index (χ4v) is 7.90. The van der Waals surface area contributed by atoms with Gasteiger partial charge in [0.25, 0.3) is 0 Å². The number of pyridine rings is 1. The third-order valence-electron chi connectivity index (χ3n) is 10.1. The van der Waals surface area contributed by atoms with E-state index < -0.39 is 12.0 Å². The summed E-state index contributed by atoms with van der Waals surface area (Å²) in [5, 5.41) is 2.54. The SMILES string of the molecule is COc1nc(N(C)C2CCN(C(=O)/C=C/c3cc(C)nc(C)n3)C2)c2cnc(-c3cccc4cccc(Cl)c34)c(F)c2n1.FC1CC2CCCN2C1. The number of aromatic nitrogens is 5. The number of carbonyl (C=O) groups excluding carboxylic acids is 1. The molecule has 0 spiro atoms. The maximum absolute atomic E-state index is 16.3. The van der Waals surface area contributed by atoms with Crippen LogP contribution >= 0.6 is 11.6 Å². The highest BCUT2D eigenvalue weighted by atomic mass is 35.5. The van der Waals surface area contributed by atoms with Crippen molar-refractivity contribution in [1.29, 1.82) is 0 Å². The van der Waals surface area contributed by atoms with E-state index in [0.717, 1.165) is 24.0 Å². The number of nitrogens with zero attached hydrogens (tertiary/aromatic N) is 8. The van der Waals surface area contributed by atoms with E-state index in [1.807, 2.05) is 56.1 Å². The summed E-state index contributed by atoms with van der Waals surface area (Å²) in [6, 6.07) is 13.5. The minimum atomic E-state index is -0.594. The molecule has 3 unspecified atom stereocenters. The Morgan fingerprint density at radius 2 is 1.87 bits per heavy atom. The minimum absolute atomic E-state index is 0.0330. The maximum atomic E-state index is 16.3. The van der Waals surface area contributed by atoms with Gasteiger partial charge in [-0.25, -0.2) is 18.7 Å². The Morgan fingerprint density at radius 1 is 1.06 bits per heavy atom. The second kappa shape index (κ2) is 15.0. The van der Waals surface area contributed by atoms with Crippen LogP contribution in [0.15, 0.2) is 54.7 Å². The van der Waals surface area contributed by atoms with E-state index in [9.17, 15) is 9.18 Å². The highest BCUT2D eigenvalue weighted by Crippen LogP contribution is 2.37. The average molecular weight is 727 g/mol. The van der Waals surface area contributed by atoms with Gasteiger partial charge < -0.3 is 14.5 Å². The Balaban J connectivity index is 0.000000404. The lowest BCUT2D eigenvalue weighted by Gasteiger charge is -2.27. The Kier molecular flexibility index (Phi) is 10.3. The number of fused-ring (bicyclic) bond motifs is 3. The molecule has 52 heavy (non-hydrogen) atoms. The Hall–Kier alpha value is -4.81. The molecule has 3 aliphatic heterocycles. The molecule has 270 valence electrons. The number of halogens is 3. The molecule has 3 saturated heterocycles. The lowest BCUT2D eigenvalue weighted by atomic mass is 10.0. The molecule has 10 nitrogen and oxygen atoms in total. The van der Waals surface area contributed by atoms with E-state index >= 15 is 4.39 Å². The lowest BCUT2D eigenvalue weighted by molar-refractivity contribution is -0.124. The number of carbonyl (C=O) groups is 1. The normalized spacial score (nSPS) is 20.1. The van der Waals surface area contributed by atoms with E-state index in [-0.39, 0.29) is 29.2 Å². The van der Waals surface area contributed by atoms with Gasteiger partial charge in [-0.15, -0.1) is 0 Å². The summed E-state index contributed by atoms with van der Waals surface area (Å²) in [6.45, 7) is 6.61. The van der Waals surface area contributed by atoms with Crippen molar-refractivity contribution in [2.24, 2.45) is 0 Å². The Morgan fingerprint density at radius 3 is 2.63 bits per heavy atom. The van der Waals surface area contributed by atoms with Gasteiger partial charge in [-0.1, -0.05) is 41.9 Å². The minimum Gasteiger partial charge on any atom is -0.467 e. The van der Waals surface area contributed by atoms with Crippen molar-refractivity contribution in [3.8, 4) is 17.3 Å². The van der Waals surface area contributed by atoms with Crippen LogP contribution in [0.1, 0.15) is 42.9 Å². The molecule has 6 heterocycles. The first kappa shape index (κ1) is 35.6. The molecule has 0 bridgehead atoms. The van der Waals surface area contributed by atoms with Gasteiger partial charge in [0.2, 0.25) is 5.91 Å². The number of aryl methyl sites for hydroxylation is 2. The number of ether oxygens (including phenoxy) is 1. The number of likely N-dealkylation sites (tertiary alicyclic amines) is 1. The van der Waals surface area contributed by atoms with E-state index in [0.29, 0.717) is 70.8 Å². The third-order valence-corrected chi connectivity index (χ3v) is 10.4. The number of hydrogen-bond donors (Lipinski definition) is 0. The number of benzene rings is 2. The van der Waals surface area contributed by atoms with Crippen LogP contribution in [0.25, 0.3) is 39.0 Å². The first-order valence-electron chi connectivity index (χ1n) is 17.6. The van der Waals surface area contributed by atoms with Crippen LogP contribution in [0.4, 0.5) is 14.6 Å². The smallest absolute Gasteiger partial charge is 0.318 e. The number of rotatable bonds is 6. The van der Waals surface area contributed by atoms with Gasteiger partial charge in [0.1, 0.15) is 29.0 Å². The molecular formula is C39H41ClF2N8O2. The predicted molar refractivity (Wildman–Crippen MR) is 200 cm³/mol. The Bertz CT molecular complexity index is 2130. The second-order valence-corrected chi connectivity index (χ2v) is 14.0. The van der Waals surface area contributed by atoms with E-state index in [4.69, 9.17) is 16.3 Å². The van der Waals surface area contributed by atoms with Crippen LogP contribution in [0, 0.1) is 19.7 Å². The number of alkyl halides is 1. The fraction of sp³-hybridized carbons (Fsp3) is 0.385. The highest BCUT2D eigenvalue weighted by Gasteiger charge is 2.35. The highest BCUT2D eigenvalue weighted by molar-refractivity contribution is 6.36. The number of methoxy groups -OCH3 is 1. The van der Waals surface area contributed by atoms with Crippen molar-refractivity contribution in [1.82, 2.24) is 34.7 Å². The standard InChI is InChI=1S/C32H29ClFN7O2.C7H12FN/c1-18-15-21(37-19(2)36-18)11-12-26(42)41-14-13-22(17-41)40(3)31-24-16-35-29(28(34)30(24)38-32(39-31)43-4)23-9-5-7-20-8-6-10-25(33)27(20)23;8-6-4-7-2-1-3-9(7)5-6/h5-12,15-16,22H,13-14,17H2,1-4H3;6-7H,1-5H2/b12-11+;. The summed E-state index contributed by atoms with van der Waals surface area (Å²) in [5.41, 5.74) is 2.32. The lowest BCUT2D eigenvalue weighted by Crippen LogP contribution is -2.36. The summed E-state index contributed by atoms with van der Waals surface area (Å²) in [4.78, 5) is 41.1. The quantitative estimate of drug-likeness (QED) is 0.171. The molecule has 3 fully saturated rings. The zero-order chi connectivity index (χ0) is 36.5. The van der Waals surface area contributed by atoms with Gasteiger partial charge in [-0.05, 0) is 69.7 Å². The van der Waals surface area contributed by atoms with Gasteiger partial charge >= 0.3 is 6.01 Å². The summed E-state index contributed by atoms with van der Waals surface area (Å²) < 4.78 is 34.2. The topological polar surface area (TPSA) is 100 Å². The fourth-order valence-electron chi connectivity index (χ4n) is 7.61. The van der Waals surface area contributed by atoms with Crippen molar-refractivity contribution >= 4 is 51.1 Å². The maximum Gasteiger partial charge on any atom is 0.318 e. The van der Waals surface area contributed by atoms with Crippen LogP contribution < -0.4 is 9.64 Å². The third kappa shape index (κ3) is 7.27. The Labute approximate surface area is 306 Å². The van der Waals surface area contributed by atoms with Crippen LogP contribution in [0.3, 0.4) is 0 Å². The zero-order valence-electron chi connectivity index (χ0n) is 29.7. The van der Waals surface area contributed by atoms with Crippen LogP contribution in [-0.4, -0.2) is 99.2 Å². The summed E-state index contributed by atoms with van der Waals surface area (Å²) in [7, 11) is 3.32. The molecule has 0 aliphatic carbocycles. The molecule has 3 aliphatic rings. The molecule has 8 rings (SSSR count). The molecular weight excluding hydrogens is 686 g/mol. The first-order valence-corrected chi connectivity index (χ1v) is 18.0. The van der Waals surface area contributed by atoms with Gasteiger partial charge in [-0.3, -0.25) is 14.7 Å². The molecule has 1 amide bonds. The zero-order valence-corrected chi connectivity index (χ0v) is 30.4. The van der Waals surface area contributed by atoms with Crippen molar-refractivity contribution < 1.29 is 18.3 Å². The average Bonchev–Trinajstić information content (AvgIpc) is 3.88. The number of amides is 1. The van der Waals surface area contributed by atoms with Gasteiger partial charge in [-0.2, -0.15) is 9.97 Å². The van der Waals surface area contributed by atoms with Gasteiger partial charge in [0, 0.05) is 72.7 Å². The number of hydrogen-bond acceptors (Lipinski definition) is 9. The molecule has 0 saturated carbocycles. The van der Waals surface area contributed by atoms with E-state index in [1.54, 1.807) is 29.3 Å². The molecule has 3 atom stereocenters.